The van der Waals surface area contributed by atoms with Crippen LogP contribution in [0.2, 0.25) is 5.02 Å². The lowest BCUT2D eigenvalue weighted by Crippen LogP contribution is -2.38. The van der Waals surface area contributed by atoms with E-state index in [9.17, 15) is 9.59 Å². The number of aliphatic hydroxyl groups is 1. The van der Waals surface area contributed by atoms with Gasteiger partial charge in [0.1, 0.15) is 0 Å². The van der Waals surface area contributed by atoms with Gasteiger partial charge in [0.15, 0.2) is 0 Å². The summed E-state index contributed by atoms with van der Waals surface area (Å²) in [5.41, 5.74) is 0.962. The van der Waals surface area contributed by atoms with Crippen LogP contribution in [-0.2, 0) is 0 Å². The molecule has 0 aliphatic heterocycles. The maximum Gasteiger partial charge on any atom is 0.319 e. The Bertz CT molecular complexity index is 603. The van der Waals surface area contributed by atoms with E-state index in [0.717, 1.165) is 25.7 Å². The third-order valence-corrected chi connectivity index (χ3v) is 4.83. The predicted molar refractivity (Wildman–Crippen MR) is 99.1 cm³/mol. The van der Waals surface area contributed by atoms with Crippen molar-refractivity contribution in [2.45, 2.75) is 44.6 Å². The van der Waals surface area contributed by atoms with Gasteiger partial charge in [-0.25, -0.2) is 4.79 Å². The molecule has 1 saturated carbocycles. The fraction of sp³-hybridized carbons (Fsp3) is 0.556. The van der Waals surface area contributed by atoms with E-state index >= 15 is 0 Å². The van der Waals surface area contributed by atoms with Gasteiger partial charge in [0.2, 0.25) is 0 Å². The second kappa shape index (κ2) is 9.63. The second-order valence-corrected chi connectivity index (χ2v) is 6.77. The van der Waals surface area contributed by atoms with Gasteiger partial charge in [-0.05, 0) is 37.5 Å². The summed E-state index contributed by atoms with van der Waals surface area (Å²) in [7, 11) is 1.83. The van der Waals surface area contributed by atoms with E-state index in [1.165, 1.54) is 6.42 Å². The Kier molecular flexibility index (Phi) is 7.52. The van der Waals surface area contributed by atoms with Crippen LogP contribution in [0.25, 0.3) is 0 Å². The molecule has 0 atom stereocenters. The van der Waals surface area contributed by atoms with Crippen LogP contribution < -0.4 is 10.6 Å². The quantitative estimate of drug-likeness (QED) is 0.675. The van der Waals surface area contributed by atoms with Gasteiger partial charge < -0.3 is 20.6 Å². The van der Waals surface area contributed by atoms with Crippen molar-refractivity contribution in [3.63, 3.8) is 0 Å². The van der Waals surface area contributed by atoms with Crippen molar-refractivity contribution in [1.29, 1.82) is 0 Å². The topological polar surface area (TPSA) is 81.7 Å². The molecule has 0 spiro atoms. The minimum absolute atomic E-state index is 0.0252. The number of benzene rings is 1. The lowest BCUT2D eigenvalue weighted by molar-refractivity contribution is 0.0696. The van der Waals surface area contributed by atoms with Crippen LogP contribution >= 0.6 is 11.6 Å². The number of carbonyl (C=O) groups is 2. The molecule has 0 bridgehead atoms. The van der Waals surface area contributed by atoms with Crippen LogP contribution in [0.5, 0.6) is 0 Å². The molecule has 2 rings (SSSR count). The molecule has 0 heterocycles. The van der Waals surface area contributed by atoms with Crippen molar-refractivity contribution in [2.24, 2.45) is 0 Å². The summed E-state index contributed by atoms with van der Waals surface area (Å²) in [6.45, 7) is 0.413. The number of halogens is 1. The molecule has 0 radical (unpaired) electrons. The SMILES string of the molecule is CN(C(=O)c1ccc(NC(=O)NCCCO)cc1Cl)C1CCCCC1. The van der Waals surface area contributed by atoms with E-state index in [1.54, 1.807) is 23.1 Å². The van der Waals surface area contributed by atoms with Crippen molar-refractivity contribution in [3.05, 3.63) is 28.8 Å². The Morgan fingerprint density at radius 1 is 1.28 bits per heavy atom. The van der Waals surface area contributed by atoms with E-state index < -0.39 is 0 Å². The molecule has 3 N–H and O–H groups in total. The minimum atomic E-state index is -0.372. The number of rotatable bonds is 6. The number of nitrogens with zero attached hydrogens (tertiary/aromatic N) is 1. The highest BCUT2D eigenvalue weighted by Crippen LogP contribution is 2.26. The summed E-state index contributed by atoms with van der Waals surface area (Å²) < 4.78 is 0. The molecule has 0 aromatic heterocycles. The maximum atomic E-state index is 12.7. The fourth-order valence-electron chi connectivity index (χ4n) is 3.05. The zero-order chi connectivity index (χ0) is 18.2. The fourth-order valence-corrected chi connectivity index (χ4v) is 3.31. The average molecular weight is 368 g/mol. The van der Waals surface area contributed by atoms with E-state index in [2.05, 4.69) is 10.6 Å². The first-order valence-corrected chi connectivity index (χ1v) is 9.13. The number of hydrogen-bond acceptors (Lipinski definition) is 3. The maximum absolute atomic E-state index is 12.7. The normalized spacial score (nSPS) is 14.8. The van der Waals surface area contributed by atoms with Gasteiger partial charge in [-0.1, -0.05) is 30.9 Å². The van der Waals surface area contributed by atoms with Gasteiger partial charge in [-0.15, -0.1) is 0 Å². The Balaban J connectivity index is 1.98. The molecule has 0 saturated heterocycles. The van der Waals surface area contributed by atoms with Crippen molar-refractivity contribution in [1.82, 2.24) is 10.2 Å². The highest BCUT2D eigenvalue weighted by atomic mass is 35.5. The first-order valence-electron chi connectivity index (χ1n) is 8.75. The molecule has 1 fully saturated rings. The molecular weight excluding hydrogens is 342 g/mol. The molecule has 25 heavy (non-hydrogen) atoms. The standard InChI is InChI=1S/C18H26ClN3O3/c1-22(14-6-3-2-4-7-14)17(24)15-9-8-13(12-16(15)19)21-18(25)20-10-5-11-23/h8-9,12,14,23H,2-7,10-11H2,1H3,(H2,20,21,25). The highest BCUT2D eigenvalue weighted by Gasteiger charge is 2.24. The van der Waals surface area contributed by atoms with Crippen LogP contribution in [0.3, 0.4) is 0 Å². The summed E-state index contributed by atoms with van der Waals surface area (Å²) in [6, 6.07) is 4.79. The smallest absolute Gasteiger partial charge is 0.319 e. The Hall–Kier alpha value is -1.79. The molecule has 1 aromatic carbocycles. The summed E-state index contributed by atoms with van der Waals surface area (Å²) >= 11 is 6.27. The number of amides is 3. The molecular formula is C18H26ClN3O3. The summed E-state index contributed by atoms with van der Waals surface area (Å²) in [5.74, 6) is -0.0872. The first-order chi connectivity index (χ1) is 12.0. The third-order valence-electron chi connectivity index (χ3n) is 4.52. The van der Waals surface area contributed by atoms with Gasteiger partial charge in [0.05, 0.1) is 10.6 Å². The zero-order valence-electron chi connectivity index (χ0n) is 14.6. The van der Waals surface area contributed by atoms with Gasteiger partial charge in [-0.2, -0.15) is 0 Å². The van der Waals surface area contributed by atoms with Crippen molar-refractivity contribution >= 4 is 29.2 Å². The van der Waals surface area contributed by atoms with Crippen molar-refractivity contribution in [3.8, 4) is 0 Å². The zero-order valence-corrected chi connectivity index (χ0v) is 15.3. The summed E-state index contributed by atoms with van der Waals surface area (Å²) in [6.07, 6.45) is 6.12. The number of hydrogen-bond donors (Lipinski definition) is 3. The Morgan fingerprint density at radius 3 is 2.64 bits per heavy atom. The Morgan fingerprint density at radius 2 is 2.00 bits per heavy atom. The van der Waals surface area contributed by atoms with E-state index in [4.69, 9.17) is 16.7 Å². The third kappa shape index (κ3) is 5.61. The van der Waals surface area contributed by atoms with Gasteiger partial charge in [-0.3, -0.25) is 4.79 Å². The number of nitrogens with one attached hydrogen (secondary N) is 2. The number of aliphatic hydroxyl groups excluding tert-OH is 1. The van der Waals surface area contributed by atoms with Crippen LogP contribution in [0, 0.1) is 0 Å². The van der Waals surface area contributed by atoms with Crippen LogP contribution in [0.1, 0.15) is 48.9 Å². The van der Waals surface area contributed by atoms with E-state index in [-0.39, 0.29) is 24.6 Å². The van der Waals surface area contributed by atoms with E-state index in [0.29, 0.717) is 29.2 Å². The monoisotopic (exact) mass is 367 g/mol. The largest absolute Gasteiger partial charge is 0.396 e. The van der Waals surface area contributed by atoms with Crippen LogP contribution in [0.4, 0.5) is 10.5 Å². The number of carbonyl (C=O) groups excluding carboxylic acids is 2. The minimum Gasteiger partial charge on any atom is -0.396 e. The molecule has 1 aliphatic carbocycles. The molecule has 138 valence electrons. The van der Waals surface area contributed by atoms with Gasteiger partial charge >= 0.3 is 6.03 Å². The van der Waals surface area contributed by atoms with Crippen molar-refractivity contribution < 1.29 is 14.7 Å². The van der Waals surface area contributed by atoms with E-state index in [1.807, 2.05) is 7.05 Å². The van der Waals surface area contributed by atoms with Crippen LogP contribution in [-0.4, -0.2) is 48.2 Å². The van der Waals surface area contributed by atoms with Gasteiger partial charge in [0.25, 0.3) is 5.91 Å². The summed E-state index contributed by atoms with van der Waals surface area (Å²) in [4.78, 5) is 26.2. The molecule has 0 unspecified atom stereocenters. The lowest BCUT2D eigenvalue weighted by atomic mass is 9.94. The lowest BCUT2D eigenvalue weighted by Gasteiger charge is -2.31. The average Bonchev–Trinajstić information content (AvgIpc) is 2.61. The molecule has 7 heteroatoms. The van der Waals surface area contributed by atoms with Crippen molar-refractivity contribution in [2.75, 3.05) is 25.5 Å². The summed E-state index contributed by atoms with van der Waals surface area (Å²) in [5, 5.41) is 14.3. The molecule has 6 nitrogen and oxygen atoms in total. The van der Waals surface area contributed by atoms with Gasteiger partial charge in [0, 0.05) is 31.9 Å². The predicted octanol–water partition coefficient (Wildman–Crippen LogP) is 3.25. The Labute approximate surface area is 153 Å². The molecule has 1 aliphatic rings. The second-order valence-electron chi connectivity index (χ2n) is 6.36. The number of urea groups is 1. The molecule has 1 aromatic rings. The number of anilines is 1. The highest BCUT2D eigenvalue weighted by molar-refractivity contribution is 6.34. The van der Waals surface area contributed by atoms with Crippen LogP contribution in [0.15, 0.2) is 18.2 Å². The first kappa shape index (κ1) is 19.5. The molecule has 3 amide bonds.